The molecule has 10 heavy (non-hydrogen) atoms. The smallest absolute Gasteiger partial charge is 0.0466 e. The highest BCUT2D eigenvalue weighted by Gasteiger charge is 2.37. The number of hydrogen-bond donors (Lipinski definition) is 1. The van der Waals surface area contributed by atoms with E-state index in [0.29, 0.717) is 17.9 Å². The van der Waals surface area contributed by atoms with E-state index in [4.69, 9.17) is 5.11 Å². The van der Waals surface area contributed by atoms with Crippen LogP contribution in [0.2, 0.25) is 0 Å². The van der Waals surface area contributed by atoms with Gasteiger partial charge in [0.15, 0.2) is 0 Å². The minimum Gasteiger partial charge on any atom is -0.396 e. The van der Waals surface area contributed by atoms with Crippen LogP contribution in [-0.2, 0) is 0 Å². The van der Waals surface area contributed by atoms with Gasteiger partial charge in [-0.05, 0) is 30.1 Å². The van der Waals surface area contributed by atoms with Crippen LogP contribution >= 0.6 is 0 Å². The van der Waals surface area contributed by atoms with E-state index >= 15 is 0 Å². The Labute approximate surface area is 63.4 Å². The minimum absolute atomic E-state index is 0.302. The Kier molecular flexibility index (Phi) is 2.04. The van der Waals surface area contributed by atoms with E-state index in [2.05, 4.69) is 20.8 Å². The molecule has 0 spiro atoms. The number of hydrogen-bond acceptors (Lipinski definition) is 1. The fourth-order valence-electron chi connectivity index (χ4n) is 1.63. The average Bonchev–Trinajstić information content (AvgIpc) is 2.46. The van der Waals surface area contributed by atoms with E-state index in [0.717, 1.165) is 5.92 Å². The minimum atomic E-state index is 0.302. The van der Waals surface area contributed by atoms with Gasteiger partial charge >= 0.3 is 0 Å². The summed E-state index contributed by atoms with van der Waals surface area (Å²) in [6.45, 7) is 7.01. The van der Waals surface area contributed by atoms with Crippen molar-refractivity contribution in [3.8, 4) is 0 Å². The fraction of sp³-hybridized carbons (Fsp3) is 1.00. The van der Waals surface area contributed by atoms with Crippen LogP contribution in [0.1, 0.15) is 33.6 Å². The van der Waals surface area contributed by atoms with E-state index < -0.39 is 0 Å². The van der Waals surface area contributed by atoms with Gasteiger partial charge in [0.1, 0.15) is 0 Å². The van der Waals surface area contributed by atoms with Crippen molar-refractivity contribution in [2.45, 2.75) is 33.6 Å². The van der Waals surface area contributed by atoms with Crippen LogP contribution in [-0.4, -0.2) is 11.7 Å². The molecule has 1 atom stereocenters. The van der Waals surface area contributed by atoms with Gasteiger partial charge in [0, 0.05) is 6.61 Å². The Morgan fingerprint density at radius 1 is 1.40 bits per heavy atom. The van der Waals surface area contributed by atoms with E-state index in [1.807, 2.05) is 0 Å². The molecule has 0 amide bonds. The highest BCUT2D eigenvalue weighted by Crippen LogP contribution is 2.44. The van der Waals surface area contributed by atoms with Crippen molar-refractivity contribution >= 4 is 0 Å². The lowest BCUT2D eigenvalue weighted by Gasteiger charge is -2.28. The molecular formula is C9H18O. The van der Waals surface area contributed by atoms with Crippen molar-refractivity contribution in [3.63, 3.8) is 0 Å². The summed E-state index contributed by atoms with van der Waals surface area (Å²) in [4.78, 5) is 0. The van der Waals surface area contributed by atoms with Crippen molar-refractivity contribution < 1.29 is 5.11 Å². The van der Waals surface area contributed by atoms with Gasteiger partial charge in [-0.2, -0.15) is 0 Å². The van der Waals surface area contributed by atoms with Crippen LogP contribution in [0.5, 0.6) is 0 Å². The molecule has 1 heteroatoms. The second-order valence-electron chi connectivity index (χ2n) is 4.49. The molecule has 0 aliphatic heterocycles. The second kappa shape index (κ2) is 2.54. The summed E-state index contributed by atoms with van der Waals surface area (Å²) in [5.74, 6) is 1.36. The summed E-state index contributed by atoms with van der Waals surface area (Å²) >= 11 is 0. The largest absolute Gasteiger partial charge is 0.396 e. The summed E-state index contributed by atoms with van der Waals surface area (Å²) < 4.78 is 0. The third-order valence-electron chi connectivity index (χ3n) is 2.50. The van der Waals surface area contributed by atoms with Crippen LogP contribution in [0.3, 0.4) is 0 Å². The van der Waals surface area contributed by atoms with Crippen LogP contribution < -0.4 is 0 Å². The van der Waals surface area contributed by atoms with Gasteiger partial charge in [-0.1, -0.05) is 20.8 Å². The predicted molar refractivity (Wildman–Crippen MR) is 42.8 cm³/mol. The molecule has 1 saturated carbocycles. The van der Waals surface area contributed by atoms with Crippen LogP contribution in [0, 0.1) is 17.3 Å². The van der Waals surface area contributed by atoms with Gasteiger partial charge in [-0.3, -0.25) is 0 Å². The zero-order valence-electron chi connectivity index (χ0n) is 7.22. The zero-order valence-corrected chi connectivity index (χ0v) is 7.22. The third-order valence-corrected chi connectivity index (χ3v) is 2.50. The average molecular weight is 142 g/mol. The molecule has 1 fully saturated rings. The van der Waals surface area contributed by atoms with Gasteiger partial charge in [0.2, 0.25) is 0 Å². The fourth-order valence-corrected chi connectivity index (χ4v) is 1.63. The summed E-state index contributed by atoms with van der Waals surface area (Å²) in [6, 6.07) is 0. The van der Waals surface area contributed by atoms with Crippen molar-refractivity contribution in [3.05, 3.63) is 0 Å². The van der Waals surface area contributed by atoms with Gasteiger partial charge in [0.25, 0.3) is 0 Å². The van der Waals surface area contributed by atoms with Crippen LogP contribution in [0.15, 0.2) is 0 Å². The molecule has 0 radical (unpaired) electrons. The maximum absolute atomic E-state index is 9.07. The van der Waals surface area contributed by atoms with E-state index in [9.17, 15) is 0 Å². The van der Waals surface area contributed by atoms with Crippen molar-refractivity contribution in [2.24, 2.45) is 17.3 Å². The number of aliphatic hydroxyl groups excluding tert-OH is 1. The van der Waals surface area contributed by atoms with Gasteiger partial charge in [-0.25, -0.2) is 0 Å². The lowest BCUT2D eigenvalue weighted by molar-refractivity contribution is 0.113. The summed E-state index contributed by atoms with van der Waals surface area (Å²) in [6.07, 6.45) is 2.67. The molecule has 1 N–H and O–H groups in total. The Hall–Kier alpha value is -0.0400. The highest BCUT2D eigenvalue weighted by atomic mass is 16.3. The van der Waals surface area contributed by atoms with E-state index in [1.54, 1.807) is 0 Å². The van der Waals surface area contributed by atoms with Gasteiger partial charge < -0.3 is 5.11 Å². The Morgan fingerprint density at radius 3 is 2.00 bits per heavy atom. The third kappa shape index (κ3) is 1.72. The lowest BCUT2D eigenvalue weighted by atomic mass is 9.78. The Balaban J connectivity index is 2.46. The van der Waals surface area contributed by atoms with Crippen molar-refractivity contribution in [2.75, 3.05) is 6.61 Å². The van der Waals surface area contributed by atoms with Crippen molar-refractivity contribution in [1.29, 1.82) is 0 Å². The van der Waals surface area contributed by atoms with Gasteiger partial charge in [0.05, 0.1) is 0 Å². The normalized spacial score (nSPS) is 22.8. The first-order valence-corrected chi connectivity index (χ1v) is 4.16. The molecular weight excluding hydrogens is 124 g/mol. The molecule has 0 aromatic carbocycles. The molecule has 1 rings (SSSR count). The predicted octanol–water partition coefficient (Wildman–Crippen LogP) is 2.05. The molecule has 0 aromatic heterocycles. The summed E-state index contributed by atoms with van der Waals surface area (Å²) in [7, 11) is 0. The first-order chi connectivity index (χ1) is 4.55. The Bertz CT molecular complexity index is 108. The Morgan fingerprint density at radius 2 is 1.90 bits per heavy atom. The lowest BCUT2D eigenvalue weighted by Crippen LogP contribution is -2.25. The standard InChI is InChI=1S/C9H18O/c1-9(2,3)8(6-10)7-4-5-7/h7-8,10H,4-6H2,1-3H3/t8-/m0/s1. The molecule has 0 aromatic rings. The first-order valence-electron chi connectivity index (χ1n) is 4.16. The first kappa shape index (κ1) is 8.06. The van der Waals surface area contributed by atoms with Crippen LogP contribution in [0.4, 0.5) is 0 Å². The van der Waals surface area contributed by atoms with E-state index in [1.165, 1.54) is 12.8 Å². The molecule has 0 unspecified atom stereocenters. The second-order valence-corrected chi connectivity index (χ2v) is 4.49. The highest BCUT2D eigenvalue weighted by molar-refractivity contribution is 4.87. The molecule has 0 saturated heterocycles. The summed E-state index contributed by atoms with van der Waals surface area (Å²) in [5.41, 5.74) is 0.302. The quantitative estimate of drug-likeness (QED) is 0.625. The maximum atomic E-state index is 9.07. The summed E-state index contributed by atoms with van der Waals surface area (Å²) in [5, 5.41) is 9.07. The van der Waals surface area contributed by atoms with E-state index in [-0.39, 0.29) is 0 Å². The number of rotatable bonds is 2. The monoisotopic (exact) mass is 142 g/mol. The maximum Gasteiger partial charge on any atom is 0.0466 e. The van der Waals surface area contributed by atoms with Crippen LogP contribution in [0.25, 0.3) is 0 Å². The topological polar surface area (TPSA) is 20.2 Å². The van der Waals surface area contributed by atoms with Gasteiger partial charge in [-0.15, -0.1) is 0 Å². The molecule has 0 heterocycles. The molecule has 1 nitrogen and oxygen atoms in total. The molecule has 1 aliphatic carbocycles. The number of aliphatic hydroxyl groups is 1. The zero-order chi connectivity index (χ0) is 7.78. The molecule has 1 aliphatic rings. The van der Waals surface area contributed by atoms with Crippen molar-refractivity contribution in [1.82, 2.24) is 0 Å². The SMILES string of the molecule is CC(C)(C)[C@@H](CO)C1CC1. The molecule has 0 bridgehead atoms. The molecule has 60 valence electrons.